The lowest BCUT2D eigenvalue weighted by molar-refractivity contribution is -0.130. The maximum atomic E-state index is 12.9. The summed E-state index contributed by atoms with van der Waals surface area (Å²) in [4.78, 5) is 35.4. The van der Waals surface area contributed by atoms with Crippen molar-refractivity contribution in [2.75, 3.05) is 25.5 Å². The number of methoxy groups -OCH3 is 1. The number of hydrogen-bond acceptors (Lipinski definition) is 6. The maximum absolute atomic E-state index is 12.9. The number of aryl methyl sites for hydroxylation is 2. The number of aromatic nitrogens is 3. The zero-order valence-electron chi connectivity index (χ0n) is 18.5. The molecule has 0 unspecified atom stereocenters. The second kappa shape index (κ2) is 9.18. The fourth-order valence-electron chi connectivity index (χ4n) is 5.08. The van der Waals surface area contributed by atoms with Gasteiger partial charge in [-0.3, -0.25) is 9.36 Å². The molecular weight excluding hydrogens is 394 g/mol. The molecule has 166 valence electrons. The van der Waals surface area contributed by atoms with Crippen molar-refractivity contribution < 1.29 is 9.53 Å². The van der Waals surface area contributed by atoms with Crippen LogP contribution in [0.2, 0.25) is 0 Å². The summed E-state index contributed by atoms with van der Waals surface area (Å²) in [5, 5.41) is 3.52. The third kappa shape index (κ3) is 4.79. The first-order valence-corrected chi connectivity index (χ1v) is 11.0. The van der Waals surface area contributed by atoms with Gasteiger partial charge in [-0.05, 0) is 56.7 Å². The second-order valence-corrected chi connectivity index (χ2v) is 8.75. The number of carbonyl (C=O) groups is 1. The number of nitrogens with one attached hydrogen (secondary N) is 1. The highest BCUT2D eigenvalue weighted by Crippen LogP contribution is 2.38. The largest absolute Gasteiger partial charge is 0.379 e. The molecule has 0 aromatic carbocycles. The Bertz CT molecular complexity index is 977. The summed E-state index contributed by atoms with van der Waals surface area (Å²) in [5.41, 5.74) is 1.26. The second-order valence-electron chi connectivity index (χ2n) is 8.75. The molecule has 31 heavy (non-hydrogen) atoms. The van der Waals surface area contributed by atoms with Gasteiger partial charge in [-0.15, -0.1) is 0 Å². The summed E-state index contributed by atoms with van der Waals surface area (Å²) in [5.74, 6) is 1.85. The van der Waals surface area contributed by atoms with Crippen LogP contribution in [0.1, 0.15) is 30.7 Å². The highest BCUT2D eigenvalue weighted by Gasteiger charge is 2.43. The minimum absolute atomic E-state index is 0.0955. The standard InChI is InChI=1S/C23H31N5O3/c1-15-10-16(2)28(23(30)25-15)9-7-22(29)27-13-17-11-19(20(31-3)12-18(17)14-27)26-21-6-4-5-8-24-21/h4-6,8,10,17-20H,7,9,11-14H2,1-3H3,(H,24,26)/t17-,18+,19-,20-/m1/s1. The van der Waals surface area contributed by atoms with Gasteiger partial charge in [0.25, 0.3) is 0 Å². The molecule has 1 N–H and O–H groups in total. The number of nitrogens with zero attached hydrogens (tertiary/aromatic N) is 4. The van der Waals surface area contributed by atoms with Gasteiger partial charge in [0.2, 0.25) is 5.91 Å². The summed E-state index contributed by atoms with van der Waals surface area (Å²) in [7, 11) is 1.76. The van der Waals surface area contributed by atoms with E-state index in [0.29, 0.717) is 30.5 Å². The Morgan fingerprint density at radius 1 is 1.23 bits per heavy atom. The first-order valence-electron chi connectivity index (χ1n) is 11.0. The van der Waals surface area contributed by atoms with Crippen molar-refractivity contribution in [1.29, 1.82) is 0 Å². The Kier molecular flexibility index (Phi) is 6.36. The topological polar surface area (TPSA) is 89.4 Å². The Hall–Kier alpha value is -2.74. The van der Waals surface area contributed by atoms with Crippen LogP contribution in [-0.4, -0.2) is 57.7 Å². The van der Waals surface area contributed by atoms with Crippen LogP contribution in [0, 0.1) is 25.7 Å². The Morgan fingerprint density at radius 2 is 2.00 bits per heavy atom. The average Bonchev–Trinajstić information content (AvgIpc) is 3.16. The van der Waals surface area contributed by atoms with E-state index in [0.717, 1.165) is 37.4 Å². The fraction of sp³-hybridized carbons (Fsp3) is 0.565. The number of amides is 1. The zero-order chi connectivity index (χ0) is 22.0. The van der Waals surface area contributed by atoms with Crippen molar-refractivity contribution in [3.8, 4) is 0 Å². The van der Waals surface area contributed by atoms with Gasteiger partial charge in [0.05, 0.1) is 12.1 Å². The van der Waals surface area contributed by atoms with E-state index >= 15 is 0 Å². The van der Waals surface area contributed by atoms with Crippen molar-refractivity contribution >= 4 is 11.7 Å². The van der Waals surface area contributed by atoms with Crippen molar-refractivity contribution in [3.63, 3.8) is 0 Å². The van der Waals surface area contributed by atoms with Crippen LogP contribution >= 0.6 is 0 Å². The first-order chi connectivity index (χ1) is 14.9. The first kappa shape index (κ1) is 21.5. The third-order valence-corrected chi connectivity index (χ3v) is 6.67. The highest BCUT2D eigenvalue weighted by molar-refractivity contribution is 5.76. The van der Waals surface area contributed by atoms with Gasteiger partial charge in [0, 0.05) is 50.7 Å². The molecule has 0 bridgehead atoms. The summed E-state index contributed by atoms with van der Waals surface area (Å²) in [6.45, 7) is 5.58. The van der Waals surface area contributed by atoms with Crippen LogP contribution in [0.5, 0.6) is 0 Å². The monoisotopic (exact) mass is 425 g/mol. The van der Waals surface area contributed by atoms with E-state index in [4.69, 9.17) is 4.74 Å². The van der Waals surface area contributed by atoms with Crippen LogP contribution in [0.25, 0.3) is 0 Å². The van der Waals surface area contributed by atoms with E-state index in [1.165, 1.54) is 0 Å². The Morgan fingerprint density at radius 3 is 2.68 bits per heavy atom. The van der Waals surface area contributed by atoms with Crippen molar-refractivity contribution in [3.05, 3.63) is 52.3 Å². The fourth-order valence-corrected chi connectivity index (χ4v) is 5.08. The lowest BCUT2D eigenvalue weighted by atomic mass is 9.77. The van der Waals surface area contributed by atoms with Crippen molar-refractivity contribution in [1.82, 2.24) is 19.4 Å². The van der Waals surface area contributed by atoms with Gasteiger partial charge >= 0.3 is 5.69 Å². The van der Waals surface area contributed by atoms with Crippen molar-refractivity contribution in [2.24, 2.45) is 11.8 Å². The van der Waals surface area contributed by atoms with Gasteiger partial charge in [-0.1, -0.05) is 6.07 Å². The van der Waals surface area contributed by atoms with Crippen molar-refractivity contribution in [2.45, 2.75) is 51.8 Å². The SMILES string of the molecule is CO[C@@H]1C[C@H]2CN(C(=O)CCn3c(C)cc(C)nc3=O)C[C@H]2C[C@H]1Nc1ccccn1. The normalized spacial score (nSPS) is 25.3. The molecule has 3 heterocycles. The summed E-state index contributed by atoms with van der Waals surface area (Å²) >= 11 is 0. The minimum atomic E-state index is -0.285. The Balaban J connectivity index is 1.37. The quantitative estimate of drug-likeness (QED) is 0.762. The van der Waals surface area contributed by atoms with E-state index in [-0.39, 0.29) is 23.7 Å². The van der Waals surface area contributed by atoms with E-state index in [2.05, 4.69) is 15.3 Å². The molecule has 0 spiro atoms. The number of pyridine rings is 1. The van der Waals surface area contributed by atoms with Crippen LogP contribution in [-0.2, 0) is 16.1 Å². The smallest absolute Gasteiger partial charge is 0.347 e. The average molecular weight is 426 g/mol. The molecule has 4 atom stereocenters. The molecule has 1 aliphatic heterocycles. The number of carbonyl (C=O) groups excluding carboxylic acids is 1. The number of likely N-dealkylation sites (tertiary alicyclic amines) is 1. The van der Waals surface area contributed by atoms with Crippen LogP contribution in [0.4, 0.5) is 5.82 Å². The number of anilines is 1. The van der Waals surface area contributed by atoms with E-state index in [1.54, 1.807) is 24.8 Å². The molecule has 1 aliphatic carbocycles. The number of rotatable bonds is 6. The highest BCUT2D eigenvalue weighted by atomic mass is 16.5. The predicted molar refractivity (Wildman–Crippen MR) is 118 cm³/mol. The molecule has 2 aromatic rings. The van der Waals surface area contributed by atoms with Gasteiger partial charge < -0.3 is 15.0 Å². The van der Waals surface area contributed by atoms with E-state index in [1.807, 2.05) is 36.1 Å². The summed E-state index contributed by atoms with van der Waals surface area (Å²) in [6.07, 6.45) is 4.06. The molecule has 8 nitrogen and oxygen atoms in total. The molecular formula is C23H31N5O3. The minimum Gasteiger partial charge on any atom is -0.379 e. The number of fused-ring (bicyclic) bond motifs is 1. The van der Waals surface area contributed by atoms with Crippen LogP contribution in [0.15, 0.2) is 35.3 Å². The number of hydrogen-bond donors (Lipinski definition) is 1. The molecule has 1 saturated heterocycles. The van der Waals surface area contributed by atoms with E-state index in [9.17, 15) is 9.59 Å². The summed E-state index contributed by atoms with van der Waals surface area (Å²) < 4.78 is 7.37. The lowest BCUT2D eigenvalue weighted by Crippen LogP contribution is -2.44. The molecule has 1 saturated carbocycles. The molecule has 4 rings (SSSR count). The molecule has 0 radical (unpaired) electrons. The van der Waals surface area contributed by atoms with Gasteiger partial charge in [-0.2, -0.15) is 4.98 Å². The van der Waals surface area contributed by atoms with Gasteiger partial charge in [-0.25, -0.2) is 9.78 Å². The van der Waals surface area contributed by atoms with Gasteiger partial charge in [0.1, 0.15) is 5.82 Å². The maximum Gasteiger partial charge on any atom is 0.347 e. The Labute approximate surface area is 182 Å². The molecule has 2 aliphatic rings. The predicted octanol–water partition coefficient (Wildman–Crippen LogP) is 2.01. The molecule has 2 fully saturated rings. The van der Waals surface area contributed by atoms with Crippen LogP contribution in [0.3, 0.4) is 0 Å². The molecule has 1 amide bonds. The van der Waals surface area contributed by atoms with E-state index < -0.39 is 0 Å². The number of ether oxygens (including phenoxy) is 1. The molecule has 2 aromatic heterocycles. The third-order valence-electron chi connectivity index (χ3n) is 6.67. The lowest BCUT2D eigenvalue weighted by Gasteiger charge is -2.37. The molecule has 8 heteroatoms. The van der Waals surface area contributed by atoms with Crippen LogP contribution < -0.4 is 11.0 Å². The summed E-state index contributed by atoms with van der Waals surface area (Å²) in [6, 6.07) is 7.88. The zero-order valence-corrected chi connectivity index (χ0v) is 18.5. The van der Waals surface area contributed by atoms with Gasteiger partial charge in [0.15, 0.2) is 0 Å².